The van der Waals surface area contributed by atoms with E-state index in [0.717, 1.165) is 18.5 Å². The van der Waals surface area contributed by atoms with Gasteiger partial charge in [0.2, 0.25) is 5.91 Å². The van der Waals surface area contributed by atoms with Crippen LogP contribution < -0.4 is 5.32 Å². The summed E-state index contributed by atoms with van der Waals surface area (Å²) in [7, 11) is 0. The van der Waals surface area contributed by atoms with Gasteiger partial charge in [-0.1, -0.05) is 29.8 Å². The second-order valence-corrected chi connectivity index (χ2v) is 5.56. The van der Waals surface area contributed by atoms with E-state index in [1.165, 1.54) is 0 Å². The third-order valence-corrected chi connectivity index (χ3v) is 4.08. The van der Waals surface area contributed by atoms with Crippen LogP contribution in [-0.2, 0) is 16.1 Å². The van der Waals surface area contributed by atoms with Gasteiger partial charge in [-0.05, 0) is 31.0 Å². The fourth-order valence-electron chi connectivity index (χ4n) is 2.54. The molecule has 1 amide bonds. The van der Waals surface area contributed by atoms with Crippen molar-refractivity contribution < 1.29 is 14.7 Å². The van der Waals surface area contributed by atoms with E-state index in [0.29, 0.717) is 31.0 Å². The number of amides is 1. The number of carbonyl (C=O) groups is 2. The SMILES string of the molecule is Cl.O=C(CCN1CCCC1C(=O)O)NCc1ccccc1Cl. The molecule has 1 aliphatic heterocycles. The standard InChI is InChI=1S/C15H19ClN2O3.ClH/c16-12-5-2-1-4-11(12)10-17-14(19)7-9-18-8-3-6-13(18)15(20)21;/h1-2,4-5,13H,3,6-10H2,(H,17,19)(H,20,21);1H. The van der Waals surface area contributed by atoms with E-state index >= 15 is 0 Å². The highest BCUT2D eigenvalue weighted by Crippen LogP contribution is 2.17. The number of nitrogens with one attached hydrogen (secondary N) is 1. The van der Waals surface area contributed by atoms with E-state index in [2.05, 4.69) is 5.32 Å². The van der Waals surface area contributed by atoms with Crippen molar-refractivity contribution in [3.05, 3.63) is 34.9 Å². The molecule has 7 heteroatoms. The van der Waals surface area contributed by atoms with Gasteiger partial charge in [0.05, 0.1) is 0 Å². The Hall–Kier alpha value is -1.30. The molecule has 2 N–H and O–H groups in total. The molecule has 122 valence electrons. The molecule has 0 spiro atoms. The zero-order valence-electron chi connectivity index (χ0n) is 12.1. The number of benzene rings is 1. The second-order valence-electron chi connectivity index (χ2n) is 5.15. The highest BCUT2D eigenvalue weighted by molar-refractivity contribution is 6.31. The minimum absolute atomic E-state index is 0. The molecule has 0 aliphatic carbocycles. The second kappa shape index (κ2) is 8.98. The summed E-state index contributed by atoms with van der Waals surface area (Å²) in [5.41, 5.74) is 0.872. The number of nitrogens with zero attached hydrogens (tertiary/aromatic N) is 1. The van der Waals surface area contributed by atoms with Crippen LogP contribution in [0.5, 0.6) is 0 Å². The molecule has 2 rings (SSSR count). The quantitative estimate of drug-likeness (QED) is 0.829. The van der Waals surface area contributed by atoms with E-state index in [-0.39, 0.29) is 18.3 Å². The van der Waals surface area contributed by atoms with Crippen LogP contribution in [0.3, 0.4) is 0 Å². The summed E-state index contributed by atoms with van der Waals surface area (Å²) >= 11 is 6.02. The van der Waals surface area contributed by atoms with Gasteiger partial charge in [0.1, 0.15) is 6.04 Å². The van der Waals surface area contributed by atoms with Gasteiger partial charge >= 0.3 is 5.97 Å². The zero-order valence-corrected chi connectivity index (χ0v) is 13.7. The van der Waals surface area contributed by atoms with E-state index in [1.54, 1.807) is 6.07 Å². The lowest BCUT2D eigenvalue weighted by molar-refractivity contribution is -0.142. The molecule has 1 aromatic rings. The molecule has 1 heterocycles. The Bertz CT molecular complexity index is 525. The monoisotopic (exact) mass is 346 g/mol. The minimum atomic E-state index is -0.802. The molecule has 1 unspecified atom stereocenters. The van der Waals surface area contributed by atoms with E-state index in [4.69, 9.17) is 16.7 Å². The number of halogens is 2. The first-order valence-electron chi connectivity index (χ1n) is 7.05. The number of hydrogen-bond donors (Lipinski definition) is 2. The molecule has 1 fully saturated rings. The summed E-state index contributed by atoms with van der Waals surface area (Å²) in [4.78, 5) is 24.7. The average Bonchev–Trinajstić information content (AvgIpc) is 2.93. The Morgan fingerprint density at radius 2 is 2.09 bits per heavy atom. The normalized spacial score (nSPS) is 17.8. The fraction of sp³-hybridized carbons (Fsp3) is 0.467. The molecule has 1 atom stereocenters. The molecule has 0 saturated carbocycles. The number of carbonyl (C=O) groups excluding carboxylic acids is 1. The molecule has 1 aromatic carbocycles. The van der Waals surface area contributed by atoms with Gasteiger partial charge in [-0.25, -0.2) is 0 Å². The number of carboxylic acids is 1. The van der Waals surface area contributed by atoms with Gasteiger partial charge in [-0.15, -0.1) is 12.4 Å². The number of rotatable bonds is 6. The van der Waals surface area contributed by atoms with Gasteiger partial charge in [0.25, 0.3) is 0 Å². The molecule has 22 heavy (non-hydrogen) atoms. The molecule has 0 aromatic heterocycles. The van der Waals surface area contributed by atoms with E-state index < -0.39 is 12.0 Å². The molecular formula is C15H20Cl2N2O3. The van der Waals surface area contributed by atoms with Crippen molar-refractivity contribution in [1.29, 1.82) is 0 Å². The predicted octanol–water partition coefficient (Wildman–Crippen LogP) is 2.32. The van der Waals surface area contributed by atoms with Crippen molar-refractivity contribution in [1.82, 2.24) is 10.2 Å². The van der Waals surface area contributed by atoms with Crippen LogP contribution in [0.2, 0.25) is 5.02 Å². The van der Waals surface area contributed by atoms with Gasteiger partial charge in [0, 0.05) is 24.5 Å². The summed E-state index contributed by atoms with van der Waals surface area (Å²) < 4.78 is 0. The van der Waals surface area contributed by atoms with Crippen LogP contribution in [0, 0.1) is 0 Å². The lowest BCUT2D eigenvalue weighted by atomic mass is 10.2. The highest BCUT2D eigenvalue weighted by atomic mass is 35.5. The van der Waals surface area contributed by atoms with Crippen LogP contribution in [0.25, 0.3) is 0 Å². The van der Waals surface area contributed by atoms with Crippen molar-refractivity contribution in [3.63, 3.8) is 0 Å². The summed E-state index contributed by atoms with van der Waals surface area (Å²) in [6.07, 6.45) is 1.84. The topological polar surface area (TPSA) is 69.6 Å². The van der Waals surface area contributed by atoms with Crippen LogP contribution in [0.1, 0.15) is 24.8 Å². The number of hydrogen-bond acceptors (Lipinski definition) is 3. The maximum Gasteiger partial charge on any atom is 0.320 e. The Kier molecular flexibility index (Phi) is 7.65. The molecule has 5 nitrogen and oxygen atoms in total. The average molecular weight is 347 g/mol. The lowest BCUT2D eigenvalue weighted by Gasteiger charge is -2.20. The van der Waals surface area contributed by atoms with E-state index in [1.807, 2.05) is 23.1 Å². The molecule has 0 radical (unpaired) electrons. The molecule has 1 saturated heterocycles. The smallest absolute Gasteiger partial charge is 0.320 e. The van der Waals surface area contributed by atoms with Crippen molar-refractivity contribution in [2.75, 3.05) is 13.1 Å². The number of likely N-dealkylation sites (tertiary alicyclic amines) is 1. The Morgan fingerprint density at radius 1 is 1.36 bits per heavy atom. The van der Waals surface area contributed by atoms with Crippen LogP contribution in [0.15, 0.2) is 24.3 Å². The number of aliphatic carboxylic acids is 1. The van der Waals surface area contributed by atoms with Crippen molar-refractivity contribution >= 4 is 35.9 Å². The third-order valence-electron chi connectivity index (χ3n) is 3.71. The van der Waals surface area contributed by atoms with Gasteiger partial charge in [-0.3, -0.25) is 14.5 Å². The molecule has 1 aliphatic rings. The minimum Gasteiger partial charge on any atom is -0.480 e. The largest absolute Gasteiger partial charge is 0.480 e. The summed E-state index contributed by atoms with van der Waals surface area (Å²) in [5.74, 6) is -0.894. The molecular weight excluding hydrogens is 327 g/mol. The summed E-state index contributed by atoms with van der Waals surface area (Å²) in [6.45, 7) is 1.61. The summed E-state index contributed by atoms with van der Waals surface area (Å²) in [5, 5.41) is 12.5. The maximum absolute atomic E-state index is 11.8. The van der Waals surface area contributed by atoms with Crippen LogP contribution >= 0.6 is 24.0 Å². The Balaban J connectivity index is 0.00000242. The van der Waals surface area contributed by atoms with Gasteiger partial charge in [0.15, 0.2) is 0 Å². The maximum atomic E-state index is 11.8. The van der Waals surface area contributed by atoms with Gasteiger partial charge < -0.3 is 10.4 Å². The zero-order chi connectivity index (χ0) is 15.2. The Labute approximate surface area is 141 Å². The third kappa shape index (κ3) is 5.16. The Morgan fingerprint density at radius 3 is 2.77 bits per heavy atom. The predicted molar refractivity (Wildman–Crippen MR) is 87.4 cm³/mol. The highest BCUT2D eigenvalue weighted by Gasteiger charge is 2.30. The number of carboxylic acid groups (broad SMARTS) is 1. The van der Waals surface area contributed by atoms with Crippen LogP contribution in [-0.4, -0.2) is 41.0 Å². The van der Waals surface area contributed by atoms with Crippen molar-refractivity contribution in [3.8, 4) is 0 Å². The first-order chi connectivity index (χ1) is 10.1. The van der Waals surface area contributed by atoms with E-state index in [9.17, 15) is 9.59 Å². The van der Waals surface area contributed by atoms with Gasteiger partial charge in [-0.2, -0.15) is 0 Å². The van der Waals surface area contributed by atoms with Crippen LogP contribution in [0.4, 0.5) is 0 Å². The van der Waals surface area contributed by atoms with Crippen molar-refractivity contribution in [2.45, 2.75) is 31.8 Å². The first kappa shape index (κ1) is 18.7. The first-order valence-corrected chi connectivity index (χ1v) is 7.42. The summed E-state index contributed by atoms with van der Waals surface area (Å²) in [6, 6.07) is 6.91. The fourth-order valence-corrected chi connectivity index (χ4v) is 2.75. The van der Waals surface area contributed by atoms with Crippen molar-refractivity contribution in [2.24, 2.45) is 0 Å². The molecule has 0 bridgehead atoms. The lowest BCUT2D eigenvalue weighted by Crippen LogP contribution is -2.38.